The summed E-state index contributed by atoms with van der Waals surface area (Å²) in [5, 5.41) is 4.40. The minimum Gasteiger partial charge on any atom is -0.298 e. The Morgan fingerprint density at radius 2 is 2.21 bits per heavy atom. The lowest BCUT2D eigenvalue weighted by Gasteiger charge is -2.22. The van der Waals surface area contributed by atoms with E-state index in [0.29, 0.717) is 0 Å². The number of rotatable bonds is 3. The lowest BCUT2D eigenvalue weighted by Crippen LogP contribution is -2.28. The van der Waals surface area contributed by atoms with E-state index in [-0.39, 0.29) is 0 Å². The van der Waals surface area contributed by atoms with Gasteiger partial charge in [0.25, 0.3) is 0 Å². The number of hydrogen-bond donors (Lipinski definition) is 0. The fraction of sp³-hybridized carbons (Fsp3) is 0.727. The topological polar surface area (TPSA) is 21.1 Å². The van der Waals surface area contributed by atoms with Gasteiger partial charge in [0.05, 0.1) is 5.69 Å². The summed E-state index contributed by atoms with van der Waals surface area (Å²) in [4.78, 5) is 2.44. The molecule has 0 radical (unpaired) electrons. The Labute approximate surface area is 85.7 Å². The quantitative estimate of drug-likeness (QED) is 0.730. The van der Waals surface area contributed by atoms with Crippen molar-refractivity contribution in [1.29, 1.82) is 0 Å². The molecule has 1 aromatic heterocycles. The van der Waals surface area contributed by atoms with Crippen LogP contribution in [0.15, 0.2) is 12.3 Å². The van der Waals surface area contributed by atoms with Crippen molar-refractivity contribution in [3.8, 4) is 0 Å². The zero-order valence-electron chi connectivity index (χ0n) is 9.11. The summed E-state index contributed by atoms with van der Waals surface area (Å²) < 4.78 is 1.87. The molecule has 0 aliphatic heterocycles. The molecule has 1 aromatic rings. The maximum atomic E-state index is 4.40. The number of nitrogens with zero attached hydrogens (tertiary/aromatic N) is 3. The Balaban J connectivity index is 1.90. The van der Waals surface area contributed by atoms with E-state index in [1.54, 1.807) is 0 Å². The molecule has 2 rings (SSSR count). The lowest BCUT2D eigenvalue weighted by molar-refractivity contribution is 0.234. The Kier molecular flexibility index (Phi) is 2.87. The largest absolute Gasteiger partial charge is 0.298 e. The molecular weight excluding hydrogens is 174 g/mol. The average Bonchev–Trinajstić information content (AvgIpc) is 2.75. The Hall–Kier alpha value is -0.830. The predicted octanol–water partition coefficient (Wildman–Crippen LogP) is 1.79. The van der Waals surface area contributed by atoms with Gasteiger partial charge in [0.2, 0.25) is 0 Å². The summed E-state index contributed by atoms with van der Waals surface area (Å²) in [5.74, 6) is 0. The normalized spacial score (nSPS) is 18.2. The van der Waals surface area contributed by atoms with Crippen LogP contribution in [-0.2, 0) is 13.6 Å². The molecule has 1 aliphatic carbocycles. The second-order valence-electron chi connectivity index (χ2n) is 4.33. The van der Waals surface area contributed by atoms with Crippen molar-refractivity contribution in [1.82, 2.24) is 14.7 Å². The molecule has 0 spiro atoms. The number of hydrogen-bond acceptors (Lipinski definition) is 2. The van der Waals surface area contributed by atoms with Crippen molar-refractivity contribution in [2.45, 2.75) is 38.3 Å². The van der Waals surface area contributed by atoms with E-state index in [1.807, 2.05) is 17.9 Å². The molecule has 1 aliphatic rings. The first-order chi connectivity index (χ1) is 6.75. The average molecular weight is 193 g/mol. The third-order valence-electron chi connectivity index (χ3n) is 3.13. The Morgan fingerprint density at radius 3 is 2.79 bits per heavy atom. The minimum atomic E-state index is 0.789. The van der Waals surface area contributed by atoms with Gasteiger partial charge in [0, 0.05) is 25.8 Å². The molecule has 3 heteroatoms. The van der Waals surface area contributed by atoms with Crippen LogP contribution in [-0.4, -0.2) is 27.8 Å². The molecule has 1 fully saturated rings. The van der Waals surface area contributed by atoms with E-state index in [4.69, 9.17) is 0 Å². The van der Waals surface area contributed by atoms with Crippen molar-refractivity contribution >= 4 is 0 Å². The second kappa shape index (κ2) is 4.13. The minimum absolute atomic E-state index is 0.789. The maximum absolute atomic E-state index is 4.40. The van der Waals surface area contributed by atoms with Gasteiger partial charge in [-0.05, 0) is 26.0 Å². The highest BCUT2D eigenvalue weighted by Gasteiger charge is 2.19. The SMILES string of the molecule is CN(Cc1ccn(C)n1)C1CCCC1. The maximum Gasteiger partial charge on any atom is 0.0764 e. The molecule has 0 atom stereocenters. The van der Waals surface area contributed by atoms with Crippen LogP contribution in [0.1, 0.15) is 31.4 Å². The van der Waals surface area contributed by atoms with Crippen LogP contribution in [0.5, 0.6) is 0 Å². The van der Waals surface area contributed by atoms with Crippen LogP contribution in [0.2, 0.25) is 0 Å². The fourth-order valence-corrected chi connectivity index (χ4v) is 2.28. The molecule has 0 aromatic carbocycles. The molecule has 3 nitrogen and oxygen atoms in total. The zero-order chi connectivity index (χ0) is 9.97. The van der Waals surface area contributed by atoms with Crippen LogP contribution in [0.4, 0.5) is 0 Å². The smallest absolute Gasteiger partial charge is 0.0764 e. The van der Waals surface area contributed by atoms with Gasteiger partial charge in [-0.2, -0.15) is 5.10 Å². The van der Waals surface area contributed by atoms with Crippen molar-refractivity contribution in [2.24, 2.45) is 7.05 Å². The van der Waals surface area contributed by atoms with Gasteiger partial charge in [-0.1, -0.05) is 12.8 Å². The summed E-state index contributed by atoms with van der Waals surface area (Å²) in [6.45, 7) is 0.992. The molecular formula is C11H19N3. The third-order valence-corrected chi connectivity index (χ3v) is 3.13. The summed E-state index contributed by atoms with van der Waals surface area (Å²) in [5.41, 5.74) is 1.18. The first-order valence-electron chi connectivity index (χ1n) is 5.44. The molecule has 78 valence electrons. The van der Waals surface area contributed by atoms with Gasteiger partial charge in [0.1, 0.15) is 0 Å². The van der Waals surface area contributed by atoms with Crippen LogP contribution in [0, 0.1) is 0 Å². The predicted molar refractivity (Wildman–Crippen MR) is 56.9 cm³/mol. The number of aryl methyl sites for hydroxylation is 1. The van der Waals surface area contributed by atoms with Crippen molar-refractivity contribution in [3.05, 3.63) is 18.0 Å². The molecule has 0 bridgehead atoms. The molecule has 0 N–H and O–H groups in total. The van der Waals surface area contributed by atoms with Crippen LogP contribution >= 0.6 is 0 Å². The van der Waals surface area contributed by atoms with Gasteiger partial charge < -0.3 is 0 Å². The van der Waals surface area contributed by atoms with E-state index in [0.717, 1.165) is 12.6 Å². The van der Waals surface area contributed by atoms with Crippen molar-refractivity contribution in [2.75, 3.05) is 7.05 Å². The van der Waals surface area contributed by atoms with Gasteiger partial charge in [-0.25, -0.2) is 0 Å². The monoisotopic (exact) mass is 193 g/mol. The summed E-state index contributed by atoms with van der Waals surface area (Å²) >= 11 is 0. The molecule has 0 amide bonds. The van der Waals surface area contributed by atoms with Crippen LogP contribution < -0.4 is 0 Å². The van der Waals surface area contributed by atoms with Gasteiger partial charge in [0.15, 0.2) is 0 Å². The van der Waals surface area contributed by atoms with Crippen molar-refractivity contribution in [3.63, 3.8) is 0 Å². The van der Waals surface area contributed by atoms with Crippen molar-refractivity contribution < 1.29 is 0 Å². The van der Waals surface area contributed by atoms with E-state index in [9.17, 15) is 0 Å². The van der Waals surface area contributed by atoms with Gasteiger partial charge >= 0.3 is 0 Å². The lowest BCUT2D eigenvalue weighted by atomic mass is 10.2. The molecule has 14 heavy (non-hydrogen) atoms. The molecule has 1 saturated carbocycles. The third kappa shape index (κ3) is 2.15. The van der Waals surface area contributed by atoms with Gasteiger partial charge in [-0.3, -0.25) is 9.58 Å². The Bertz CT molecular complexity index is 286. The zero-order valence-corrected chi connectivity index (χ0v) is 9.11. The molecule has 0 unspecified atom stereocenters. The van der Waals surface area contributed by atoms with Gasteiger partial charge in [-0.15, -0.1) is 0 Å². The fourth-order valence-electron chi connectivity index (χ4n) is 2.28. The molecule has 1 heterocycles. The first-order valence-corrected chi connectivity index (χ1v) is 5.44. The number of aromatic nitrogens is 2. The van der Waals surface area contributed by atoms with Crippen LogP contribution in [0.3, 0.4) is 0 Å². The highest BCUT2D eigenvalue weighted by molar-refractivity contribution is 4.98. The van der Waals surface area contributed by atoms with E-state index in [2.05, 4.69) is 23.1 Å². The highest BCUT2D eigenvalue weighted by atomic mass is 15.3. The Morgan fingerprint density at radius 1 is 1.50 bits per heavy atom. The standard InChI is InChI=1S/C11H19N3/c1-13(11-5-3-4-6-11)9-10-7-8-14(2)12-10/h7-8,11H,3-6,9H2,1-2H3. The van der Waals surface area contributed by atoms with E-state index < -0.39 is 0 Å². The summed E-state index contributed by atoms with van der Waals surface area (Å²) in [7, 11) is 4.18. The van der Waals surface area contributed by atoms with E-state index in [1.165, 1.54) is 31.4 Å². The second-order valence-corrected chi connectivity index (χ2v) is 4.33. The molecule has 0 saturated heterocycles. The van der Waals surface area contributed by atoms with E-state index >= 15 is 0 Å². The summed E-state index contributed by atoms with van der Waals surface area (Å²) in [6.07, 6.45) is 7.54. The highest BCUT2D eigenvalue weighted by Crippen LogP contribution is 2.23. The van der Waals surface area contributed by atoms with Crippen LogP contribution in [0.25, 0.3) is 0 Å². The first kappa shape index (κ1) is 9.71. The summed E-state index contributed by atoms with van der Waals surface area (Å²) in [6, 6.07) is 2.89.